The van der Waals surface area contributed by atoms with Crippen molar-refractivity contribution in [1.82, 2.24) is 9.88 Å². The molecule has 3 N–H and O–H groups in total. The van der Waals surface area contributed by atoms with Gasteiger partial charge >= 0.3 is 0 Å². The van der Waals surface area contributed by atoms with Crippen molar-refractivity contribution in [2.24, 2.45) is 0 Å². The van der Waals surface area contributed by atoms with Crippen LogP contribution in [-0.4, -0.2) is 42.8 Å². The van der Waals surface area contributed by atoms with Crippen LogP contribution in [0.3, 0.4) is 0 Å². The third-order valence-electron chi connectivity index (χ3n) is 4.26. The summed E-state index contributed by atoms with van der Waals surface area (Å²) in [5, 5.41) is 14.1. The number of amidine groups is 1. The van der Waals surface area contributed by atoms with Crippen LogP contribution in [0.25, 0.3) is 0 Å². The SMILES string of the molecule is COc1ccc(Nc2ccc(C(=N)N(C)C)cc2)c(C(=O)Nc2ccccn2)c1. The number of aromatic nitrogens is 1. The summed E-state index contributed by atoms with van der Waals surface area (Å²) < 4.78 is 5.27. The van der Waals surface area contributed by atoms with Gasteiger partial charge in [0.05, 0.1) is 18.4 Å². The van der Waals surface area contributed by atoms with Crippen LogP contribution in [0, 0.1) is 5.41 Å². The molecule has 7 heteroatoms. The molecule has 1 heterocycles. The Morgan fingerprint density at radius 3 is 2.45 bits per heavy atom. The van der Waals surface area contributed by atoms with Crippen LogP contribution in [0.1, 0.15) is 15.9 Å². The first-order chi connectivity index (χ1) is 14.0. The van der Waals surface area contributed by atoms with E-state index >= 15 is 0 Å². The standard InChI is InChI=1S/C22H23N5O2/c1-27(2)21(23)15-7-9-16(10-8-15)25-19-12-11-17(29-3)14-18(19)22(28)26-20-6-4-5-13-24-20/h4-14,23,25H,1-3H3,(H,24,26,28). The molecule has 29 heavy (non-hydrogen) atoms. The van der Waals surface area contributed by atoms with E-state index < -0.39 is 0 Å². The first-order valence-electron chi connectivity index (χ1n) is 9.01. The predicted octanol–water partition coefficient (Wildman–Crippen LogP) is 3.97. The molecule has 0 atom stereocenters. The molecular weight excluding hydrogens is 366 g/mol. The summed E-state index contributed by atoms with van der Waals surface area (Å²) in [4.78, 5) is 18.7. The molecule has 0 aliphatic heterocycles. The maximum atomic E-state index is 12.8. The van der Waals surface area contributed by atoms with E-state index in [-0.39, 0.29) is 5.91 Å². The van der Waals surface area contributed by atoms with Gasteiger partial charge in [0.2, 0.25) is 0 Å². The number of amides is 1. The van der Waals surface area contributed by atoms with E-state index in [1.807, 2.05) is 38.4 Å². The summed E-state index contributed by atoms with van der Waals surface area (Å²) in [6.45, 7) is 0. The van der Waals surface area contributed by atoms with Crippen molar-refractivity contribution >= 4 is 28.9 Å². The highest BCUT2D eigenvalue weighted by molar-refractivity contribution is 6.08. The molecule has 0 radical (unpaired) electrons. The van der Waals surface area contributed by atoms with Crippen molar-refractivity contribution in [1.29, 1.82) is 5.41 Å². The molecule has 0 saturated carbocycles. The monoisotopic (exact) mass is 389 g/mol. The molecule has 0 spiro atoms. The highest BCUT2D eigenvalue weighted by Gasteiger charge is 2.14. The molecule has 0 bridgehead atoms. The number of carbonyl (C=O) groups is 1. The van der Waals surface area contributed by atoms with Crippen molar-refractivity contribution in [3.63, 3.8) is 0 Å². The van der Waals surface area contributed by atoms with Crippen LogP contribution in [0.4, 0.5) is 17.2 Å². The normalized spacial score (nSPS) is 10.2. The molecule has 0 aliphatic rings. The third-order valence-corrected chi connectivity index (χ3v) is 4.26. The fraction of sp³-hybridized carbons (Fsp3) is 0.136. The van der Waals surface area contributed by atoms with Crippen LogP contribution in [-0.2, 0) is 0 Å². The molecule has 148 valence electrons. The van der Waals surface area contributed by atoms with Gasteiger partial charge in [-0.1, -0.05) is 6.07 Å². The fourth-order valence-electron chi connectivity index (χ4n) is 2.69. The lowest BCUT2D eigenvalue weighted by Gasteiger charge is -2.16. The molecule has 1 amide bonds. The second-order valence-electron chi connectivity index (χ2n) is 6.53. The molecule has 3 rings (SSSR count). The highest BCUT2D eigenvalue weighted by Crippen LogP contribution is 2.26. The van der Waals surface area contributed by atoms with Gasteiger partial charge in [-0.25, -0.2) is 4.98 Å². The molecule has 7 nitrogen and oxygen atoms in total. The number of carbonyl (C=O) groups excluding carboxylic acids is 1. The molecule has 1 aromatic heterocycles. The zero-order valence-corrected chi connectivity index (χ0v) is 16.6. The minimum Gasteiger partial charge on any atom is -0.497 e. The average Bonchev–Trinajstić information content (AvgIpc) is 2.74. The van der Waals surface area contributed by atoms with Gasteiger partial charge in [-0.2, -0.15) is 0 Å². The van der Waals surface area contributed by atoms with Gasteiger partial charge in [-0.15, -0.1) is 0 Å². The Morgan fingerprint density at radius 2 is 1.83 bits per heavy atom. The van der Waals surface area contributed by atoms with Gasteiger partial charge in [0.25, 0.3) is 5.91 Å². The first kappa shape index (κ1) is 19.9. The molecule has 0 fully saturated rings. The quantitative estimate of drug-likeness (QED) is 0.438. The largest absolute Gasteiger partial charge is 0.497 e. The van der Waals surface area contributed by atoms with E-state index in [1.165, 1.54) is 0 Å². The summed E-state index contributed by atoms with van der Waals surface area (Å²) in [5.41, 5.74) is 2.68. The number of methoxy groups -OCH3 is 1. The number of pyridine rings is 1. The van der Waals surface area contributed by atoms with Gasteiger partial charge in [0, 0.05) is 31.5 Å². The van der Waals surface area contributed by atoms with Crippen molar-refractivity contribution < 1.29 is 9.53 Å². The molecule has 2 aromatic carbocycles. The van der Waals surface area contributed by atoms with Crippen LogP contribution in [0.15, 0.2) is 66.9 Å². The summed E-state index contributed by atoms with van der Waals surface area (Å²) in [6.07, 6.45) is 1.62. The van der Waals surface area contributed by atoms with Crippen molar-refractivity contribution in [3.8, 4) is 5.75 Å². The van der Waals surface area contributed by atoms with E-state index in [4.69, 9.17) is 10.1 Å². The van der Waals surface area contributed by atoms with Crippen LogP contribution < -0.4 is 15.4 Å². The van der Waals surface area contributed by atoms with Crippen LogP contribution in [0.5, 0.6) is 5.75 Å². The summed E-state index contributed by atoms with van der Waals surface area (Å²) in [5.74, 6) is 1.18. The number of nitrogens with zero attached hydrogens (tertiary/aromatic N) is 2. The predicted molar refractivity (Wildman–Crippen MR) is 115 cm³/mol. The third kappa shape index (κ3) is 4.90. The number of nitrogens with one attached hydrogen (secondary N) is 3. The van der Waals surface area contributed by atoms with Crippen molar-refractivity contribution in [2.75, 3.05) is 31.8 Å². The van der Waals surface area contributed by atoms with E-state index in [0.29, 0.717) is 28.7 Å². The second-order valence-corrected chi connectivity index (χ2v) is 6.53. The lowest BCUT2D eigenvalue weighted by molar-refractivity contribution is 0.102. The van der Waals surface area contributed by atoms with Crippen LogP contribution in [0.2, 0.25) is 0 Å². The Bertz CT molecular complexity index is 1000. The fourth-order valence-corrected chi connectivity index (χ4v) is 2.69. The number of rotatable bonds is 6. The zero-order chi connectivity index (χ0) is 20.8. The second kappa shape index (κ2) is 8.88. The zero-order valence-electron chi connectivity index (χ0n) is 16.6. The molecule has 3 aromatic rings. The van der Waals surface area contributed by atoms with Gasteiger partial charge in [0.1, 0.15) is 17.4 Å². The van der Waals surface area contributed by atoms with E-state index in [1.54, 1.807) is 54.6 Å². The number of hydrogen-bond acceptors (Lipinski definition) is 5. The van der Waals surface area contributed by atoms with Gasteiger partial charge in [-0.3, -0.25) is 10.2 Å². The summed E-state index contributed by atoms with van der Waals surface area (Å²) in [6, 6.07) is 18.0. The lowest BCUT2D eigenvalue weighted by Crippen LogP contribution is -2.21. The van der Waals surface area contributed by atoms with Gasteiger partial charge < -0.3 is 20.3 Å². The maximum absolute atomic E-state index is 12.8. The van der Waals surface area contributed by atoms with Gasteiger partial charge in [-0.05, 0) is 54.6 Å². The lowest BCUT2D eigenvalue weighted by atomic mass is 10.1. The smallest absolute Gasteiger partial charge is 0.259 e. The number of benzene rings is 2. The van der Waals surface area contributed by atoms with Crippen molar-refractivity contribution in [2.45, 2.75) is 0 Å². The molecular formula is C22H23N5O2. The Kier molecular flexibility index (Phi) is 6.09. The molecule has 0 unspecified atom stereocenters. The topological polar surface area (TPSA) is 90.3 Å². The maximum Gasteiger partial charge on any atom is 0.259 e. The summed E-state index contributed by atoms with van der Waals surface area (Å²) in [7, 11) is 5.22. The van der Waals surface area contributed by atoms with Gasteiger partial charge in [0.15, 0.2) is 0 Å². The number of hydrogen-bond donors (Lipinski definition) is 3. The number of anilines is 3. The highest BCUT2D eigenvalue weighted by atomic mass is 16.5. The summed E-state index contributed by atoms with van der Waals surface area (Å²) >= 11 is 0. The van der Waals surface area contributed by atoms with E-state index in [9.17, 15) is 4.79 Å². The Hall–Kier alpha value is -3.87. The Morgan fingerprint density at radius 1 is 1.07 bits per heavy atom. The Balaban J connectivity index is 1.85. The van der Waals surface area contributed by atoms with Crippen molar-refractivity contribution in [3.05, 3.63) is 78.0 Å². The first-order valence-corrected chi connectivity index (χ1v) is 9.01. The molecule has 0 saturated heterocycles. The van der Waals surface area contributed by atoms with Crippen LogP contribution >= 0.6 is 0 Å². The average molecular weight is 389 g/mol. The number of ether oxygens (including phenoxy) is 1. The minimum atomic E-state index is -0.295. The Labute approximate surface area is 169 Å². The minimum absolute atomic E-state index is 0.295. The van der Waals surface area contributed by atoms with E-state index in [2.05, 4.69) is 15.6 Å². The van der Waals surface area contributed by atoms with E-state index in [0.717, 1.165) is 11.3 Å². The molecule has 0 aliphatic carbocycles.